The van der Waals surface area contributed by atoms with Crippen LogP contribution in [0.25, 0.3) is 0 Å². The number of nitrogens with zero attached hydrogens (tertiary/aromatic N) is 5. The lowest BCUT2D eigenvalue weighted by Crippen LogP contribution is -2.20. The summed E-state index contributed by atoms with van der Waals surface area (Å²) in [6, 6.07) is 5.35. The number of halogens is 2. The van der Waals surface area contributed by atoms with Gasteiger partial charge in [0.2, 0.25) is 5.91 Å². The van der Waals surface area contributed by atoms with E-state index in [-0.39, 0.29) is 12.4 Å². The maximum absolute atomic E-state index is 13.2. The van der Waals surface area contributed by atoms with Crippen molar-refractivity contribution in [3.05, 3.63) is 68.4 Å². The molecule has 0 unspecified atom stereocenters. The zero-order chi connectivity index (χ0) is 20.4. The SMILES string of the molecule is Cc1nn(Cc2ccc(F)cc2Cl)c(C)c1NC(=O)Cn1ccc([N+](=O)[O-])n1. The molecule has 0 saturated carbocycles. The van der Waals surface area contributed by atoms with E-state index < -0.39 is 16.6 Å². The molecule has 11 heteroatoms. The van der Waals surface area contributed by atoms with E-state index in [0.717, 1.165) is 0 Å². The Kier molecular flexibility index (Phi) is 5.41. The van der Waals surface area contributed by atoms with Gasteiger partial charge < -0.3 is 15.4 Å². The normalized spacial score (nSPS) is 10.9. The maximum atomic E-state index is 13.2. The van der Waals surface area contributed by atoms with Gasteiger partial charge in [-0.25, -0.2) is 4.39 Å². The number of hydrogen-bond acceptors (Lipinski definition) is 5. The lowest BCUT2D eigenvalue weighted by molar-refractivity contribution is -0.389. The predicted molar refractivity (Wildman–Crippen MR) is 99.7 cm³/mol. The molecule has 2 heterocycles. The Morgan fingerprint density at radius 3 is 2.71 bits per heavy atom. The van der Waals surface area contributed by atoms with Crippen molar-refractivity contribution in [3.63, 3.8) is 0 Å². The van der Waals surface area contributed by atoms with Crippen LogP contribution in [0.5, 0.6) is 0 Å². The third kappa shape index (κ3) is 4.17. The van der Waals surface area contributed by atoms with Gasteiger partial charge in [-0.1, -0.05) is 17.7 Å². The number of carbonyl (C=O) groups excluding carboxylic acids is 1. The first-order valence-corrected chi connectivity index (χ1v) is 8.58. The van der Waals surface area contributed by atoms with Crippen molar-refractivity contribution >= 4 is 29.0 Å². The van der Waals surface area contributed by atoms with E-state index in [4.69, 9.17) is 11.6 Å². The molecule has 0 spiro atoms. The largest absolute Gasteiger partial charge is 0.389 e. The molecule has 2 aromatic heterocycles. The molecule has 1 aromatic carbocycles. The van der Waals surface area contributed by atoms with Crippen LogP contribution >= 0.6 is 11.6 Å². The van der Waals surface area contributed by atoms with Gasteiger partial charge in [-0.05, 0) is 36.5 Å². The highest BCUT2D eigenvalue weighted by Crippen LogP contribution is 2.23. The number of carbonyl (C=O) groups is 1. The molecule has 0 aliphatic rings. The summed E-state index contributed by atoms with van der Waals surface area (Å²) in [6.07, 6.45) is 1.36. The van der Waals surface area contributed by atoms with E-state index in [0.29, 0.717) is 34.2 Å². The number of nitro groups is 1. The van der Waals surface area contributed by atoms with Gasteiger partial charge in [-0.2, -0.15) is 9.78 Å². The molecule has 0 saturated heterocycles. The Morgan fingerprint density at radius 1 is 1.32 bits per heavy atom. The van der Waals surface area contributed by atoms with Gasteiger partial charge in [0.05, 0.1) is 41.0 Å². The van der Waals surface area contributed by atoms with Gasteiger partial charge in [0.25, 0.3) is 0 Å². The molecule has 28 heavy (non-hydrogen) atoms. The van der Waals surface area contributed by atoms with E-state index in [1.807, 2.05) is 0 Å². The highest BCUT2D eigenvalue weighted by atomic mass is 35.5. The fourth-order valence-electron chi connectivity index (χ4n) is 2.71. The number of hydrogen-bond donors (Lipinski definition) is 1. The van der Waals surface area contributed by atoms with Gasteiger partial charge in [0.15, 0.2) is 0 Å². The minimum atomic E-state index is -0.632. The average molecular weight is 407 g/mol. The van der Waals surface area contributed by atoms with Gasteiger partial charge in [-0.15, -0.1) is 0 Å². The summed E-state index contributed by atoms with van der Waals surface area (Å²) < 4.78 is 16.0. The zero-order valence-corrected chi connectivity index (χ0v) is 15.8. The molecule has 146 valence electrons. The number of aryl methyl sites for hydroxylation is 1. The molecular weight excluding hydrogens is 391 g/mol. The molecule has 1 amide bonds. The van der Waals surface area contributed by atoms with Crippen LogP contribution < -0.4 is 5.32 Å². The summed E-state index contributed by atoms with van der Waals surface area (Å²) in [6.45, 7) is 3.66. The molecule has 3 aromatic rings. The quantitative estimate of drug-likeness (QED) is 0.500. The van der Waals surface area contributed by atoms with Crippen molar-refractivity contribution in [1.82, 2.24) is 19.6 Å². The Bertz CT molecular complexity index is 1060. The summed E-state index contributed by atoms with van der Waals surface area (Å²) in [4.78, 5) is 22.3. The lowest BCUT2D eigenvalue weighted by Gasteiger charge is -2.08. The first-order valence-electron chi connectivity index (χ1n) is 8.20. The highest BCUT2D eigenvalue weighted by Gasteiger charge is 2.18. The first kappa shape index (κ1) is 19.5. The summed E-state index contributed by atoms with van der Waals surface area (Å²) in [7, 11) is 0. The zero-order valence-electron chi connectivity index (χ0n) is 15.0. The summed E-state index contributed by atoms with van der Waals surface area (Å²) in [5.41, 5.74) is 2.51. The summed E-state index contributed by atoms with van der Waals surface area (Å²) in [5.74, 6) is -1.15. The second kappa shape index (κ2) is 7.77. The van der Waals surface area contributed by atoms with Gasteiger partial charge >= 0.3 is 5.82 Å². The van der Waals surface area contributed by atoms with Gasteiger partial charge in [0, 0.05) is 5.02 Å². The number of rotatable bonds is 6. The van der Waals surface area contributed by atoms with Crippen LogP contribution in [-0.4, -0.2) is 30.4 Å². The lowest BCUT2D eigenvalue weighted by atomic mass is 10.2. The van der Waals surface area contributed by atoms with Crippen LogP contribution in [0, 0.1) is 29.8 Å². The van der Waals surface area contributed by atoms with Crippen LogP contribution in [0.3, 0.4) is 0 Å². The van der Waals surface area contributed by atoms with Crippen LogP contribution in [0.1, 0.15) is 17.0 Å². The minimum Gasteiger partial charge on any atom is -0.358 e. The van der Waals surface area contributed by atoms with Crippen molar-refractivity contribution in [3.8, 4) is 0 Å². The van der Waals surface area contributed by atoms with E-state index in [1.54, 1.807) is 24.6 Å². The molecule has 0 radical (unpaired) electrons. The van der Waals surface area contributed by atoms with E-state index in [2.05, 4.69) is 15.5 Å². The Balaban J connectivity index is 1.73. The topological polar surface area (TPSA) is 108 Å². The maximum Gasteiger partial charge on any atom is 0.389 e. The van der Waals surface area contributed by atoms with E-state index in [9.17, 15) is 19.3 Å². The fraction of sp³-hybridized carbons (Fsp3) is 0.235. The van der Waals surface area contributed by atoms with Crippen molar-refractivity contribution in [2.24, 2.45) is 0 Å². The molecule has 1 N–H and O–H groups in total. The Morgan fingerprint density at radius 2 is 2.07 bits per heavy atom. The van der Waals surface area contributed by atoms with Crippen LogP contribution in [-0.2, 0) is 17.9 Å². The molecule has 0 aliphatic heterocycles. The first-order chi connectivity index (χ1) is 13.2. The van der Waals surface area contributed by atoms with Crippen molar-refractivity contribution < 1.29 is 14.1 Å². The predicted octanol–water partition coefficient (Wildman–Crippen LogP) is 3.08. The summed E-state index contributed by atoms with van der Waals surface area (Å²) >= 11 is 6.07. The molecule has 9 nitrogen and oxygen atoms in total. The van der Waals surface area contributed by atoms with Crippen molar-refractivity contribution in [2.45, 2.75) is 26.9 Å². The molecular formula is C17H16ClFN6O3. The summed E-state index contributed by atoms with van der Waals surface area (Å²) in [5, 5.41) is 21.8. The number of aromatic nitrogens is 4. The Hall–Kier alpha value is -3.27. The number of amides is 1. The number of anilines is 1. The Labute approximate surface area is 163 Å². The molecule has 0 fully saturated rings. The van der Waals surface area contributed by atoms with Gasteiger partial charge in [-0.3, -0.25) is 9.48 Å². The monoisotopic (exact) mass is 406 g/mol. The minimum absolute atomic E-state index is 0.179. The van der Waals surface area contributed by atoms with Crippen LogP contribution in [0.15, 0.2) is 30.5 Å². The standard InChI is InChI=1S/C17H16ClFN6O3/c1-10-17(20-16(26)9-23-6-5-15(22-23)25(27)28)11(2)24(21-10)8-12-3-4-13(19)7-14(12)18/h3-7H,8-9H2,1-2H3,(H,20,26). The average Bonchev–Trinajstić information content (AvgIpc) is 3.18. The fourth-order valence-corrected chi connectivity index (χ4v) is 2.93. The second-order valence-corrected chi connectivity index (χ2v) is 6.52. The van der Waals surface area contributed by atoms with E-state index >= 15 is 0 Å². The van der Waals surface area contributed by atoms with E-state index in [1.165, 1.54) is 29.1 Å². The highest BCUT2D eigenvalue weighted by molar-refractivity contribution is 6.31. The van der Waals surface area contributed by atoms with Gasteiger partial charge in [0.1, 0.15) is 12.4 Å². The van der Waals surface area contributed by atoms with Crippen molar-refractivity contribution in [1.29, 1.82) is 0 Å². The third-order valence-corrected chi connectivity index (χ3v) is 4.45. The molecule has 3 rings (SSSR count). The van der Waals surface area contributed by atoms with Crippen LogP contribution in [0.2, 0.25) is 5.02 Å². The smallest absolute Gasteiger partial charge is 0.358 e. The molecule has 0 atom stereocenters. The number of nitrogens with one attached hydrogen (secondary N) is 1. The second-order valence-electron chi connectivity index (χ2n) is 6.12. The van der Waals surface area contributed by atoms with Crippen LogP contribution in [0.4, 0.5) is 15.9 Å². The molecule has 0 bridgehead atoms. The third-order valence-electron chi connectivity index (χ3n) is 4.10. The number of benzene rings is 1. The molecule has 0 aliphatic carbocycles. The van der Waals surface area contributed by atoms with Crippen molar-refractivity contribution in [2.75, 3.05) is 5.32 Å².